The van der Waals surface area contributed by atoms with Gasteiger partial charge in [0.15, 0.2) is 0 Å². The fraction of sp³-hybridized carbons (Fsp3) is 0. The van der Waals surface area contributed by atoms with E-state index < -0.39 is 10.0 Å². The minimum atomic E-state index is -3.71. The van der Waals surface area contributed by atoms with Crippen molar-refractivity contribution in [2.24, 2.45) is 5.14 Å². The standard InChI is InChI=1S/C6H6N4O2S/c7-13(11,12)6-4-9-10-5(6)2-1-3-8-10/h1-4H,(H2,7,11,12). The van der Waals surface area contributed by atoms with Crippen molar-refractivity contribution in [2.45, 2.75) is 4.90 Å². The molecule has 0 spiro atoms. The van der Waals surface area contributed by atoms with Crippen LogP contribution in [0.25, 0.3) is 5.52 Å². The normalized spacial score (nSPS) is 12.1. The molecule has 0 saturated heterocycles. The molecule has 0 amide bonds. The quantitative estimate of drug-likeness (QED) is 0.661. The maximum atomic E-state index is 11.0. The summed E-state index contributed by atoms with van der Waals surface area (Å²) in [5.41, 5.74) is 0.380. The molecule has 2 aromatic rings. The van der Waals surface area contributed by atoms with Gasteiger partial charge in [0.1, 0.15) is 10.4 Å². The summed E-state index contributed by atoms with van der Waals surface area (Å²) in [5.74, 6) is 0. The first-order valence-electron chi connectivity index (χ1n) is 3.41. The molecule has 0 radical (unpaired) electrons. The molecule has 0 saturated carbocycles. The second-order valence-electron chi connectivity index (χ2n) is 2.45. The molecule has 0 aliphatic carbocycles. The van der Waals surface area contributed by atoms with Crippen molar-refractivity contribution in [3.8, 4) is 0 Å². The van der Waals surface area contributed by atoms with Crippen LogP contribution in [0, 0.1) is 0 Å². The van der Waals surface area contributed by atoms with Crippen LogP contribution >= 0.6 is 0 Å². The summed E-state index contributed by atoms with van der Waals surface area (Å²) in [6, 6.07) is 3.20. The van der Waals surface area contributed by atoms with E-state index in [2.05, 4.69) is 10.2 Å². The molecule has 0 unspecified atom stereocenters. The van der Waals surface area contributed by atoms with E-state index >= 15 is 0 Å². The van der Waals surface area contributed by atoms with Crippen LogP contribution < -0.4 is 5.14 Å². The van der Waals surface area contributed by atoms with Gasteiger partial charge in [0.25, 0.3) is 0 Å². The van der Waals surface area contributed by atoms with Gasteiger partial charge in [-0.3, -0.25) is 0 Å². The van der Waals surface area contributed by atoms with E-state index in [-0.39, 0.29) is 4.90 Å². The van der Waals surface area contributed by atoms with Gasteiger partial charge in [0.2, 0.25) is 10.0 Å². The molecule has 2 heterocycles. The maximum absolute atomic E-state index is 11.0. The third kappa shape index (κ3) is 1.27. The highest BCUT2D eigenvalue weighted by Gasteiger charge is 2.14. The third-order valence-corrected chi connectivity index (χ3v) is 2.50. The zero-order chi connectivity index (χ0) is 9.47. The van der Waals surface area contributed by atoms with E-state index in [0.29, 0.717) is 5.52 Å². The van der Waals surface area contributed by atoms with Crippen molar-refractivity contribution >= 4 is 15.5 Å². The summed E-state index contributed by atoms with van der Waals surface area (Å²) < 4.78 is 23.2. The zero-order valence-electron chi connectivity index (χ0n) is 6.45. The van der Waals surface area contributed by atoms with E-state index in [1.54, 1.807) is 12.1 Å². The SMILES string of the molecule is NS(=O)(=O)c1cnn2ncccc12. The lowest BCUT2D eigenvalue weighted by molar-refractivity contribution is 0.598. The fourth-order valence-corrected chi connectivity index (χ4v) is 1.67. The van der Waals surface area contributed by atoms with Crippen molar-refractivity contribution in [3.63, 3.8) is 0 Å². The molecular weight excluding hydrogens is 192 g/mol. The Morgan fingerprint density at radius 3 is 2.85 bits per heavy atom. The molecule has 68 valence electrons. The molecule has 13 heavy (non-hydrogen) atoms. The highest BCUT2D eigenvalue weighted by atomic mass is 32.2. The summed E-state index contributed by atoms with van der Waals surface area (Å²) in [5, 5.41) is 12.5. The van der Waals surface area contributed by atoms with Crippen LogP contribution in [0.3, 0.4) is 0 Å². The van der Waals surface area contributed by atoms with Gasteiger partial charge in [-0.15, -0.1) is 0 Å². The largest absolute Gasteiger partial charge is 0.241 e. The highest BCUT2D eigenvalue weighted by molar-refractivity contribution is 7.89. The topological polar surface area (TPSA) is 90.4 Å². The van der Waals surface area contributed by atoms with Crippen LogP contribution in [-0.2, 0) is 10.0 Å². The van der Waals surface area contributed by atoms with E-state index in [1.807, 2.05) is 0 Å². The Labute approximate surface area is 74.0 Å². The van der Waals surface area contributed by atoms with E-state index in [0.717, 1.165) is 0 Å². The molecule has 0 aromatic carbocycles. The number of aromatic nitrogens is 3. The number of hydrogen-bond donors (Lipinski definition) is 1. The lowest BCUT2D eigenvalue weighted by Crippen LogP contribution is -2.11. The molecule has 2 aromatic heterocycles. The average molecular weight is 198 g/mol. The molecule has 0 bridgehead atoms. The number of rotatable bonds is 1. The van der Waals surface area contributed by atoms with Crippen LogP contribution in [0.15, 0.2) is 29.4 Å². The molecule has 0 aliphatic rings. The minimum absolute atomic E-state index is 0.0133. The van der Waals surface area contributed by atoms with Crippen LogP contribution in [0.5, 0.6) is 0 Å². The predicted octanol–water partition coefficient (Wildman–Crippen LogP) is -0.623. The van der Waals surface area contributed by atoms with Gasteiger partial charge >= 0.3 is 0 Å². The van der Waals surface area contributed by atoms with Gasteiger partial charge in [0.05, 0.1) is 6.20 Å². The summed E-state index contributed by atoms with van der Waals surface area (Å²) >= 11 is 0. The Hall–Kier alpha value is -1.47. The Morgan fingerprint density at radius 1 is 1.38 bits per heavy atom. The van der Waals surface area contributed by atoms with Crippen molar-refractivity contribution in [2.75, 3.05) is 0 Å². The fourth-order valence-electron chi connectivity index (χ4n) is 1.03. The monoisotopic (exact) mass is 198 g/mol. The van der Waals surface area contributed by atoms with E-state index in [1.165, 1.54) is 17.0 Å². The van der Waals surface area contributed by atoms with Crippen LogP contribution in [0.2, 0.25) is 0 Å². The second kappa shape index (κ2) is 2.51. The molecule has 0 atom stereocenters. The van der Waals surface area contributed by atoms with Crippen molar-refractivity contribution < 1.29 is 8.42 Å². The Bertz CT molecular complexity index is 545. The maximum Gasteiger partial charge on any atom is 0.241 e. The number of primary sulfonamides is 1. The van der Waals surface area contributed by atoms with Crippen molar-refractivity contribution in [1.82, 2.24) is 14.8 Å². The molecule has 2 rings (SSSR count). The van der Waals surface area contributed by atoms with Gasteiger partial charge in [0, 0.05) is 6.20 Å². The van der Waals surface area contributed by atoms with Gasteiger partial charge < -0.3 is 0 Å². The van der Waals surface area contributed by atoms with Gasteiger partial charge in [-0.1, -0.05) is 0 Å². The summed E-state index contributed by atoms with van der Waals surface area (Å²) in [6.07, 6.45) is 2.69. The Balaban J connectivity index is 2.87. The Morgan fingerprint density at radius 2 is 2.15 bits per heavy atom. The minimum Gasteiger partial charge on any atom is -0.225 e. The van der Waals surface area contributed by atoms with E-state index in [4.69, 9.17) is 5.14 Å². The smallest absolute Gasteiger partial charge is 0.225 e. The summed E-state index contributed by atoms with van der Waals surface area (Å²) in [4.78, 5) is -0.0133. The average Bonchev–Trinajstić information content (AvgIpc) is 2.45. The number of hydrogen-bond acceptors (Lipinski definition) is 4. The Kier molecular flexibility index (Phi) is 1.57. The first-order valence-corrected chi connectivity index (χ1v) is 4.95. The molecule has 0 aliphatic heterocycles. The second-order valence-corrected chi connectivity index (χ2v) is 3.98. The predicted molar refractivity (Wildman–Crippen MR) is 44.4 cm³/mol. The van der Waals surface area contributed by atoms with Gasteiger partial charge in [-0.25, -0.2) is 13.6 Å². The number of nitrogens with two attached hydrogens (primary N) is 1. The van der Waals surface area contributed by atoms with E-state index in [9.17, 15) is 8.42 Å². The number of sulfonamides is 1. The first kappa shape index (κ1) is 8.14. The first-order chi connectivity index (χ1) is 6.09. The third-order valence-electron chi connectivity index (χ3n) is 1.58. The molecule has 0 fully saturated rings. The van der Waals surface area contributed by atoms with Crippen LogP contribution in [-0.4, -0.2) is 23.2 Å². The summed E-state index contributed by atoms with van der Waals surface area (Å²) in [7, 11) is -3.71. The molecular formula is C6H6N4O2S. The lowest BCUT2D eigenvalue weighted by atomic mass is 10.5. The van der Waals surface area contributed by atoms with Gasteiger partial charge in [-0.05, 0) is 12.1 Å². The van der Waals surface area contributed by atoms with Crippen molar-refractivity contribution in [3.05, 3.63) is 24.5 Å². The molecule has 6 nitrogen and oxygen atoms in total. The van der Waals surface area contributed by atoms with Crippen LogP contribution in [0.1, 0.15) is 0 Å². The molecule has 7 heteroatoms. The summed E-state index contributed by atoms with van der Waals surface area (Å²) in [6.45, 7) is 0. The lowest BCUT2D eigenvalue weighted by Gasteiger charge is -1.93. The highest BCUT2D eigenvalue weighted by Crippen LogP contribution is 2.12. The zero-order valence-corrected chi connectivity index (χ0v) is 7.27. The van der Waals surface area contributed by atoms with Crippen molar-refractivity contribution in [1.29, 1.82) is 0 Å². The van der Waals surface area contributed by atoms with Crippen LogP contribution in [0.4, 0.5) is 0 Å². The number of nitrogens with zero attached hydrogens (tertiary/aromatic N) is 3. The number of fused-ring (bicyclic) bond motifs is 1. The van der Waals surface area contributed by atoms with Gasteiger partial charge in [-0.2, -0.15) is 14.8 Å². The molecule has 2 N–H and O–H groups in total.